The van der Waals surface area contributed by atoms with Gasteiger partial charge < -0.3 is 10.0 Å². The summed E-state index contributed by atoms with van der Waals surface area (Å²) < 4.78 is 0. The molecule has 0 aromatic heterocycles. The van der Waals surface area contributed by atoms with Gasteiger partial charge in [0.25, 0.3) is 0 Å². The van der Waals surface area contributed by atoms with Gasteiger partial charge >= 0.3 is 5.97 Å². The number of carboxylic acid groups (broad SMARTS) is 1. The van der Waals surface area contributed by atoms with E-state index in [1.807, 2.05) is 13.8 Å². The number of carbonyl (C=O) groups excluding carboxylic acids is 1. The van der Waals surface area contributed by atoms with Gasteiger partial charge in [-0.2, -0.15) is 0 Å². The van der Waals surface area contributed by atoms with Crippen LogP contribution in [0.3, 0.4) is 0 Å². The third-order valence-corrected chi connectivity index (χ3v) is 3.61. The Morgan fingerprint density at radius 3 is 2.43 bits per heavy atom. The summed E-state index contributed by atoms with van der Waals surface area (Å²) in [6.45, 7) is 4.72. The molecule has 4 nitrogen and oxygen atoms in total. The molecule has 1 aromatic carbocycles. The highest BCUT2D eigenvalue weighted by Crippen LogP contribution is 2.23. The van der Waals surface area contributed by atoms with Gasteiger partial charge in [-0.05, 0) is 23.6 Å². The minimum atomic E-state index is -0.911. The number of nitrogens with zero attached hydrogens (tertiary/aromatic N) is 1. The van der Waals surface area contributed by atoms with Crippen LogP contribution in [0.5, 0.6) is 0 Å². The molecule has 0 atom stereocenters. The molecule has 21 heavy (non-hydrogen) atoms. The molecule has 1 aromatic rings. The summed E-state index contributed by atoms with van der Waals surface area (Å²) in [5, 5.41) is 9.61. The lowest BCUT2D eigenvalue weighted by molar-refractivity contribution is -0.138. The largest absolute Gasteiger partial charge is 0.481 e. The van der Waals surface area contributed by atoms with Crippen LogP contribution in [0.15, 0.2) is 18.2 Å². The number of benzene rings is 1. The van der Waals surface area contributed by atoms with E-state index in [0.717, 1.165) is 5.56 Å². The van der Waals surface area contributed by atoms with Crippen LogP contribution in [0.2, 0.25) is 10.0 Å². The van der Waals surface area contributed by atoms with E-state index in [9.17, 15) is 9.59 Å². The van der Waals surface area contributed by atoms with Gasteiger partial charge in [-0.25, -0.2) is 0 Å². The molecule has 0 aliphatic heterocycles. The van der Waals surface area contributed by atoms with Gasteiger partial charge in [0.1, 0.15) is 0 Å². The predicted octanol–water partition coefficient (Wildman–Crippen LogP) is 3.50. The fourth-order valence-corrected chi connectivity index (χ4v) is 2.25. The second kappa shape index (κ2) is 8.25. The SMILES string of the molecule is CC(C)CN(CCC(=O)O)C(=O)Cc1ccc(Cl)c(Cl)c1. The molecule has 0 bridgehead atoms. The van der Waals surface area contributed by atoms with Crippen LogP contribution in [-0.4, -0.2) is 35.0 Å². The van der Waals surface area contributed by atoms with Crippen LogP contribution in [0, 0.1) is 5.92 Å². The van der Waals surface area contributed by atoms with E-state index in [0.29, 0.717) is 16.6 Å². The molecule has 0 aliphatic rings. The zero-order valence-corrected chi connectivity index (χ0v) is 13.6. The summed E-state index contributed by atoms with van der Waals surface area (Å²) in [4.78, 5) is 24.6. The quantitative estimate of drug-likeness (QED) is 0.831. The van der Waals surface area contributed by atoms with E-state index < -0.39 is 5.97 Å². The Hall–Kier alpha value is -1.26. The first-order valence-corrected chi connectivity index (χ1v) is 7.48. The maximum atomic E-state index is 12.3. The molecule has 1 amide bonds. The van der Waals surface area contributed by atoms with Gasteiger partial charge in [-0.1, -0.05) is 43.1 Å². The lowest BCUT2D eigenvalue weighted by Gasteiger charge is -2.24. The highest BCUT2D eigenvalue weighted by molar-refractivity contribution is 6.42. The summed E-state index contributed by atoms with van der Waals surface area (Å²) >= 11 is 11.8. The highest BCUT2D eigenvalue weighted by atomic mass is 35.5. The fraction of sp³-hybridized carbons (Fsp3) is 0.467. The van der Waals surface area contributed by atoms with Crippen molar-refractivity contribution in [2.75, 3.05) is 13.1 Å². The molecule has 0 spiro atoms. The minimum Gasteiger partial charge on any atom is -0.481 e. The van der Waals surface area contributed by atoms with E-state index in [2.05, 4.69) is 0 Å². The Morgan fingerprint density at radius 2 is 1.90 bits per heavy atom. The average molecular weight is 332 g/mol. The molecule has 0 heterocycles. The number of amides is 1. The van der Waals surface area contributed by atoms with Crippen molar-refractivity contribution < 1.29 is 14.7 Å². The van der Waals surface area contributed by atoms with Crippen LogP contribution in [-0.2, 0) is 16.0 Å². The molecule has 0 radical (unpaired) electrons. The van der Waals surface area contributed by atoms with Crippen molar-refractivity contribution in [3.05, 3.63) is 33.8 Å². The van der Waals surface area contributed by atoms with Gasteiger partial charge in [-0.15, -0.1) is 0 Å². The minimum absolute atomic E-state index is 0.0557. The molecule has 1 rings (SSSR count). The molecular formula is C15H19Cl2NO3. The Balaban J connectivity index is 2.74. The van der Waals surface area contributed by atoms with E-state index >= 15 is 0 Å². The molecule has 0 aliphatic carbocycles. The smallest absolute Gasteiger partial charge is 0.305 e. The van der Waals surface area contributed by atoms with Gasteiger partial charge in [0.05, 0.1) is 22.9 Å². The average Bonchev–Trinajstić information content (AvgIpc) is 2.38. The van der Waals surface area contributed by atoms with Crippen LogP contribution in [0.4, 0.5) is 0 Å². The first kappa shape index (κ1) is 17.8. The maximum Gasteiger partial charge on any atom is 0.305 e. The molecule has 0 saturated heterocycles. The van der Waals surface area contributed by atoms with E-state index in [1.54, 1.807) is 23.1 Å². The number of rotatable bonds is 7. The Bertz CT molecular complexity index is 518. The monoisotopic (exact) mass is 331 g/mol. The van der Waals surface area contributed by atoms with Crippen molar-refractivity contribution >= 4 is 35.1 Å². The van der Waals surface area contributed by atoms with Crippen molar-refractivity contribution in [2.45, 2.75) is 26.7 Å². The van der Waals surface area contributed by atoms with Gasteiger partial charge in [0.15, 0.2) is 0 Å². The highest BCUT2D eigenvalue weighted by Gasteiger charge is 2.17. The van der Waals surface area contributed by atoms with E-state index in [-0.39, 0.29) is 31.2 Å². The number of hydrogen-bond donors (Lipinski definition) is 1. The molecule has 1 N–H and O–H groups in total. The number of carboxylic acids is 1. The predicted molar refractivity (Wildman–Crippen MR) is 83.8 cm³/mol. The second-order valence-corrected chi connectivity index (χ2v) is 6.12. The second-order valence-electron chi connectivity index (χ2n) is 5.30. The Morgan fingerprint density at radius 1 is 1.24 bits per heavy atom. The summed E-state index contributed by atoms with van der Waals surface area (Å²) in [6, 6.07) is 5.06. The van der Waals surface area contributed by atoms with Crippen LogP contribution in [0.25, 0.3) is 0 Å². The van der Waals surface area contributed by atoms with E-state index in [4.69, 9.17) is 28.3 Å². The zero-order chi connectivity index (χ0) is 16.0. The van der Waals surface area contributed by atoms with Crippen molar-refractivity contribution in [3.63, 3.8) is 0 Å². The number of aliphatic carboxylic acids is 1. The first-order valence-electron chi connectivity index (χ1n) is 6.73. The van der Waals surface area contributed by atoms with E-state index in [1.165, 1.54) is 0 Å². The van der Waals surface area contributed by atoms with Gasteiger partial charge in [0, 0.05) is 13.1 Å². The summed E-state index contributed by atoms with van der Waals surface area (Å²) in [5.74, 6) is -0.744. The van der Waals surface area contributed by atoms with Crippen LogP contribution < -0.4 is 0 Å². The summed E-state index contributed by atoms with van der Waals surface area (Å²) in [7, 11) is 0. The topological polar surface area (TPSA) is 57.6 Å². The summed E-state index contributed by atoms with van der Waals surface area (Å²) in [5.41, 5.74) is 0.762. The van der Waals surface area contributed by atoms with Gasteiger partial charge in [-0.3, -0.25) is 9.59 Å². The molecular weight excluding hydrogens is 313 g/mol. The van der Waals surface area contributed by atoms with Crippen molar-refractivity contribution in [2.24, 2.45) is 5.92 Å². The zero-order valence-electron chi connectivity index (χ0n) is 12.1. The molecule has 0 fully saturated rings. The van der Waals surface area contributed by atoms with Crippen molar-refractivity contribution in [1.82, 2.24) is 4.90 Å². The standard InChI is InChI=1S/C15H19Cl2NO3/c1-10(2)9-18(6-5-15(20)21)14(19)8-11-3-4-12(16)13(17)7-11/h3-4,7,10H,5-6,8-9H2,1-2H3,(H,20,21). The number of hydrogen-bond acceptors (Lipinski definition) is 2. The molecule has 6 heteroatoms. The van der Waals surface area contributed by atoms with Crippen molar-refractivity contribution in [1.29, 1.82) is 0 Å². The lowest BCUT2D eigenvalue weighted by atomic mass is 10.1. The maximum absolute atomic E-state index is 12.3. The third kappa shape index (κ3) is 6.36. The number of carbonyl (C=O) groups is 2. The lowest BCUT2D eigenvalue weighted by Crippen LogP contribution is -2.37. The third-order valence-electron chi connectivity index (χ3n) is 2.87. The fourth-order valence-electron chi connectivity index (χ4n) is 1.93. The Labute approximate surface area is 134 Å². The molecule has 116 valence electrons. The Kier molecular flexibility index (Phi) is 6.99. The normalized spacial score (nSPS) is 10.7. The van der Waals surface area contributed by atoms with Crippen LogP contribution in [0.1, 0.15) is 25.8 Å². The van der Waals surface area contributed by atoms with Crippen molar-refractivity contribution in [3.8, 4) is 0 Å². The van der Waals surface area contributed by atoms with Crippen LogP contribution >= 0.6 is 23.2 Å². The first-order chi connectivity index (χ1) is 9.79. The number of halogens is 2. The van der Waals surface area contributed by atoms with Gasteiger partial charge in [0.2, 0.25) is 5.91 Å². The molecule has 0 saturated carbocycles. The molecule has 0 unspecified atom stereocenters. The summed E-state index contributed by atoms with van der Waals surface area (Å²) in [6.07, 6.45) is 0.128.